The molecule has 0 bridgehead atoms. The number of carboxylic acid groups (broad SMARTS) is 1. The first-order valence-electron chi connectivity index (χ1n) is 5.23. The molecule has 2 unspecified atom stereocenters. The zero-order valence-electron chi connectivity index (χ0n) is 8.90. The highest BCUT2D eigenvalue weighted by atomic mass is 16.5. The van der Waals surface area contributed by atoms with Crippen LogP contribution in [0.2, 0.25) is 0 Å². The van der Waals surface area contributed by atoms with Crippen LogP contribution in [0.25, 0.3) is 0 Å². The minimum atomic E-state index is -0.849. The van der Waals surface area contributed by atoms with E-state index in [1.807, 2.05) is 0 Å². The second-order valence-corrected chi connectivity index (χ2v) is 3.83. The maximum atomic E-state index is 10.7. The molecule has 1 N–H and O–H groups in total. The number of nitrogens with zero attached hydrogens (tertiary/aromatic N) is 1. The molecule has 1 fully saturated rings. The Labute approximate surface area is 84.8 Å². The Hall–Kier alpha value is -0.610. The van der Waals surface area contributed by atoms with Gasteiger partial charge in [0.1, 0.15) is 0 Å². The lowest BCUT2D eigenvalue weighted by molar-refractivity contribution is -0.157. The van der Waals surface area contributed by atoms with Crippen molar-refractivity contribution >= 4 is 5.97 Å². The molecule has 0 saturated carbocycles. The van der Waals surface area contributed by atoms with Gasteiger partial charge in [-0.25, -0.2) is 4.79 Å². The number of hydrogen-bond donors (Lipinski definition) is 1. The standard InChI is InChI=1S/C10H19NO3/c1-3-4-8(2)11-5-6-14-9(7-11)10(12)13/h8-9H,3-7H2,1-2H3,(H,12,13). The molecule has 82 valence electrons. The highest BCUT2D eigenvalue weighted by Crippen LogP contribution is 2.12. The molecule has 14 heavy (non-hydrogen) atoms. The largest absolute Gasteiger partial charge is 0.479 e. The van der Waals surface area contributed by atoms with Gasteiger partial charge in [-0.2, -0.15) is 0 Å². The Morgan fingerprint density at radius 3 is 3.00 bits per heavy atom. The number of hydrogen-bond acceptors (Lipinski definition) is 3. The number of aliphatic carboxylic acids is 1. The predicted octanol–water partition coefficient (Wildman–Crippen LogP) is 0.960. The summed E-state index contributed by atoms with van der Waals surface area (Å²) in [5.41, 5.74) is 0. The smallest absolute Gasteiger partial charge is 0.334 e. The van der Waals surface area contributed by atoms with Crippen LogP contribution in [-0.2, 0) is 9.53 Å². The Kier molecular flexibility index (Phi) is 4.35. The van der Waals surface area contributed by atoms with Gasteiger partial charge in [0.2, 0.25) is 0 Å². The molecule has 0 spiro atoms. The average molecular weight is 201 g/mol. The molecule has 1 saturated heterocycles. The third-order valence-electron chi connectivity index (χ3n) is 2.70. The maximum absolute atomic E-state index is 10.7. The van der Waals surface area contributed by atoms with Gasteiger partial charge in [-0.05, 0) is 13.3 Å². The highest BCUT2D eigenvalue weighted by molar-refractivity contribution is 5.72. The van der Waals surface area contributed by atoms with Crippen LogP contribution in [0.15, 0.2) is 0 Å². The molecule has 1 aliphatic heterocycles. The molecule has 2 atom stereocenters. The zero-order chi connectivity index (χ0) is 10.6. The van der Waals surface area contributed by atoms with Crippen molar-refractivity contribution in [3.05, 3.63) is 0 Å². The molecule has 0 aromatic heterocycles. The molecule has 1 heterocycles. The van der Waals surface area contributed by atoms with Crippen molar-refractivity contribution in [3.63, 3.8) is 0 Å². The van der Waals surface area contributed by atoms with E-state index in [9.17, 15) is 4.79 Å². The Morgan fingerprint density at radius 1 is 1.71 bits per heavy atom. The normalized spacial score (nSPS) is 26.0. The second-order valence-electron chi connectivity index (χ2n) is 3.83. The lowest BCUT2D eigenvalue weighted by atomic mass is 10.1. The van der Waals surface area contributed by atoms with Crippen LogP contribution < -0.4 is 0 Å². The SMILES string of the molecule is CCCC(C)N1CCOC(C(=O)O)C1. The molecule has 0 aromatic carbocycles. The Balaban J connectivity index is 2.43. The summed E-state index contributed by atoms with van der Waals surface area (Å²) >= 11 is 0. The molecule has 1 aliphatic rings. The molecule has 1 rings (SSSR count). The van der Waals surface area contributed by atoms with E-state index in [1.54, 1.807) is 0 Å². The van der Waals surface area contributed by atoms with Crippen LogP contribution >= 0.6 is 0 Å². The third-order valence-corrected chi connectivity index (χ3v) is 2.70. The van der Waals surface area contributed by atoms with Crippen molar-refractivity contribution in [2.24, 2.45) is 0 Å². The van der Waals surface area contributed by atoms with Crippen molar-refractivity contribution in [1.29, 1.82) is 0 Å². The van der Waals surface area contributed by atoms with Gasteiger partial charge in [0, 0.05) is 19.1 Å². The fourth-order valence-corrected chi connectivity index (χ4v) is 1.82. The fraction of sp³-hybridized carbons (Fsp3) is 0.900. The lowest BCUT2D eigenvalue weighted by Gasteiger charge is -2.35. The number of carbonyl (C=O) groups is 1. The van der Waals surface area contributed by atoms with Gasteiger partial charge in [-0.3, -0.25) is 4.90 Å². The summed E-state index contributed by atoms with van der Waals surface area (Å²) in [6, 6.07) is 0.464. The Morgan fingerprint density at radius 2 is 2.43 bits per heavy atom. The van der Waals surface area contributed by atoms with Gasteiger partial charge in [0.05, 0.1) is 6.61 Å². The van der Waals surface area contributed by atoms with Crippen molar-refractivity contribution < 1.29 is 14.6 Å². The Bertz CT molecular complexity index is 196. The molecule has 0 amide bonds. The van der Waals surface area contributed by atoms with Crippen LogP contribution in [0.4, 0.5) is 0 Å². The summed E-state index contributed by atoms with van der Waals surface area (Å²) in [6.07, 6.45) is 1.62. The van der Waals surface area contributed by atoms with E-state index < -0.39 is 12.1 Å². The van der Waals surface area contributed by atoms with Gasteiger partial charge >= 0.3 is 5.97 Å². The topological polar surface area (TPSA) is 49.8 Å². The second kappa shape index (κ2) is 5.32. The van der Waals surface area contributed by atoms with E-state index in [0.29, 0.717) is 19.2 Å². The van der Waals surface area contributed by atoms with Gasteiger partial charge in [0.25, 0.3) is 0 Å². The van der Waals surface area contributed by atoms with E-state index in [0.717, 1.165) is 19.4 Å². The van der Waals surface area contributed by atoms with Crippen molar-refractivity contribution in [1.82, 2.24) is 4.90 Å². The summed E-state index contributed by atoms with van der Waals surface area (Å²) in [4.78, 5) is 12.9. The maximum Gasteiger partial charge on any atom is 0.334 e. The number of morpholine rings is 1. The number of carboxylic acids is 1. The molecule has 0 aliphatic carbocycles. The van der Waals surface area contributed by atoms with Crippen molar-refractivity contribution in [3.8, 4) is 0 Å². The van der Waals surface area contributed by atoms with E-state index in [-0.39, 0.29) is 0 Å². The van der Waals surface area contributed by atoms with Crippen LogP contribution in [-0.4, -0.2) is 47.8 Å². The predicted molar refractivity (Wildman–Crippen MR) is 53.3 cm³/mol. The monoisotopic (exact) mass is 201 g/mol. The highest BCUT2D eigenvalue weighted by Gasteiger charge is 2.28. The first kappa shape index (κ1) is 11.5. The lowest BCUT2D eigenvalue weighted by Crippen LogP contribution is -2.49. The van der Waals surface area contributed by atoms with E-state index in [4.69, 9.17) is 9.84 Å². The molecule has 0 radical (unpaired) electrons. The summed E-state index contributed by atoms with van der Waals surface area (Å²) in [7, 11) is 0. The minimum Gasteiger partial charge on any atom is -0.479 e. The van der Waals surface area contributed by atoms with Gasteiger partial charge in [-0.15, -0.1) is 0 Å². The van der Waals surface area contributed by atoms with Gasteiger partial charge < -0.3 is 9.84 Å². The van der Waals surface area contributed by atoms with Crippen LogP contribution in [0.5, 0.6) is 0 Å². The van der Waals surface area contributed by atoms with E-state index in [1.165, 1.54) is 0 Å². The molecular formula is C10H19NO3. The molecule has 4 nitrogen and oxygen atoms in total. The van der Waals surface area contributed by atoms with E-state index >= 15 is 0 Å². The molecule has 0 aromatic rings. The third kappa shape index (κ3) is 2.96. The van der Waals surface area contributed by atoms with Gasteiger partial charge in [0.15, 0.2) is 6.10 Å². The van der Waals surface area contributed by atoms with Crippen LogP contribution in [0.3, 0.4) is 0 Å². The zero-order valence-corrected chi connectivity index (χ0v) is 8.90. The van der Waals surface area contributed by atoms with Crippen LogP contribution in [0.1, 0.15) is 26.7 Å². The first-order valence-corrected chi connectivity index (χ1v) is 5.23. The first-order chi connectivity index (χ1) is 6.65. The summed E-state index contributed by atoms with van der Waals surface area (Å²) in [6.45, 7) is 6.20. The summed E-state index contributed by atoms with van der Waals surface area (Å²) in [5, 5.41) is 8.82. The van der Waals surface area contributed by atoms with Crippen molar-refractivity contribution in [2.45, 2.75) is 38.8 Å². The van der Waals surface area contributed by atoms with E-state index in [2.05, 4.69) is 18.7 Å². The number of ether oxygens (including phenoxy) is 1. The quantitative estimate of drug-likeness (QED) is 0.736. The van der Waals surface area contributed by atoms with Crippen molar-refractivity contribution in [2.75, 3.05) is 19.7 Å². The molecule has 4 heteroatoms. The summed E-state index contributed by atoms with van der Waals surface area (Å²) in [5.74, 6) is -0.849. The van der Waals surface area contributed by atoms with Gasteiger partial charge in [-0.1, -0.05) is 13.3 Å². The summed E-state index contributed by atoms with van der Waals surface area (Å²) < 4.78 is 5.16. The number of rotatable bonds is 4. The minimum absolute atomic E-state index is 0.464. The van der Waals surface area contributed by atoms with Crippen LogP contribution in [0, 0.1) is 0 Å². The molecular weight excluding hydrogens is 182 g/mol. The average Bonchev–Trinajstić information content (AvgIpc) is 2.18. The fourth-order valence-electron chi connectivity index (χ4n) is 1.82.